The Hall–Kier alpha value is -2.15. The molecule has 1 aliphatic rings. The molecule has 6 nitrogen and oxygen atoms in total. The van der Waals surface area contributed by atoms with Crippen LogP contribution in [0.1, 0.15) is 19.4 Å². The number of benzene rings is 1. The highest BCUT2D eigenvalue weighted by molar-refractivity contribution is 7.99. The molecule has 1 aliphatic heterocycles. The van der Waals surface area contributed by atoms with E-state index in [0.29, 0.717) is 12.3 Å². The van der Waals surface area contributed by atoms with Gasteiger partial charge in [-0.15, -0.1) is 0 Å². The van der Waals surface area contributed by atoms with Crippen LogP contribution < -0.4 is 14.8 Å². The lowest BCUT2D eigenvalue weighted by Gasteiger charge is -2.10. The van der Waals surface area contributed by atoms with Gasteiger partial charge in [-0.1, -0.05) is 17.8 Å². The maximum absolute atomic E-state index is 11.7. The summed E-state index contributed by atoms with van der Waals surface area (Å²) >= 11 is 1.43. The van der Waals surface area contributed by atoms with Crippen LogP contribution in [-0.4, -0.2) is 34.0 Å². The van der Waals surface area contributed by atoms with Gasteiger partial charge in [-0.25, -0.2) is 4.98 Å². The van der Waals surface area contributed by atoms with E-state index in [0.717, 1.165) is 22.2 Å². The topological polar surface area (TPSA) is 65.4 Å². The molecule has 0 fully saturated rings. The van der Waals surface area contributed by atoms with Crippen molar-refractivity contribution in [2.45, 2.75) is 31.6 Å². The number of hydrogen-bond donors (Lipinski definition) is 1. The fraction of sp³-hybridized carbons (Fsp3) is 0.375. The first-order chi connectivity index (χ1) is 11.1. The molecule has 0 saturated carbocycles. The second-order valence-electron chi connectivity index (χ2n) is 5.54. The number of nitrogens with one attached hydrogen (secondary N) is 1. The third kappa shape index (κ3) is 3.98. The summed E-state index contributed by atoms with van der Waals surface area (Å²) in [6, 6.07) is 6.05. The van der Waals surface area contributed by atoms with E-state index in [1.807, 2.05) is 42.8 Å². The van der Waals surface area contributed by atoms with Gasteiger partial charge in [-0.05, 0) is 31.5 Å². The van der Waals surface area contributed by atoms with Crippen LogP contribution in [0, 0.1) is 0 Å². The zero-order valence-electron chi connectivity index (χ0n) is 13.1. The van der Waals surface area contributed by atoms with Crippen LogP contribution >= 0.6 is 11.8 Å². The Morgan fingerprint density at radius 3 is 3.04 bits per heavy atom. The molecular formula is C16H19N3O3S. The number of ether oxygens (including phenoxy) is 2. The Bertz CT molecular complexity index is 700. The fourth-order valence-electron chi connectivity index (χ4n) is 2.29. The number of hydrogen-bond acceptors (Lipinski definition) is 5. The lowest BCUT2D eigenvalue weighted by atomic mass is 10.2. The number of imidazole rings is 1. The molecule has 2 heterocycles. The van der Waals surface area contributed by atoms with E-state index in [2.05, 4.69) is 10.3 Å². The normalized spacial score (nSPS) is 12.7. The average Bonchev–Trinajstić information content (AvgIpc) is 3.13. The van der Waals surface area contributed by atoms with Gasteiger partial charge in [0.1, 0.15) is 0 Å². The quantitative estimate of drug-likeness (QED) is 0.822. The Kier molecular flexibility index (Phi) is 4.76. The molecule has 2 aromatic rings. The summed E-state index contributed by atoms with van der Waals surface area (Å²) in [6.07, 6.45) is 3.66. The summed E-state index contributed by atoms with van der Waals surface area (Å²) in [7, 11) is 0. The number of nitrogens with zero attached hydrogens (tertiary/aromatic N) is 2. The van der Waals surface area contributed by atoms with Crippen molar-refractivity contribution >= 4 is 17.7 Å². The van der Waals surface area contributed by atoms with Gasteiger partial charge in [0.25, 0.3) is 0 Å². The smallest absolute Gasteiger partial charge is 0.231 e. The van der Waals surface area contributed by atoms with Crippen LogP contribution in [0.25, 0.3) is 0 Å². The summed E-state index contributed by atoms with van der Waals surface area (Å²) in [5.41, 5.74) is 1.10. The van der Waals surface area contributed by atoms with Gasteiger partial charge in [-0.2, -0.15) is 0 Å². The van der Waals surface area contributed by atoms with E-state index in [9.17, 15) is 4.79 Å². The highest BCUT2D eigenvalue weighted by atomic mass is 32.2. The molecule has 0 bridgehead atoms. The molecule has 1 N–H and O–H groups in total. The first-order valence-electron chi connectivity index (χ1n) is 7.43. The number of amides is 1. The SMILES string of the molecule is CC(C)NC(=O)CSc1nccn1Cc1ccc2c(c1)OCO2. The van der Waals surface area contributed by atoms with Gasteiger partial charge in [0.05, 0.1) is 5.75 Å². The molecule has 3 rings (SSSR count). The Labute approximate surface area is 139 Å². The second kappa shape index (κ2) is 6.95. The highest BCUT2D eigenvalue weighted by Gasteiger charge is 2.14. The van der Waals surface area contributed by atoms with E-state index in [-0.39, 0.29) is 18.7 Å². The summed E-state index contributed by atoms with van der Waals surface area (Å²) in [5.74, 6) is 1.92. The van der Waals surface area contributed by atoms with E-state index < -0.39 is 0 Å². The summed E-state index contributed by atoms with van der Waals surface area (Å²) in [5, 5.41) is 3.70. The molecular weight excluding hydrogens is 314 g/mol. The molecule has 0 aliphatic carbocycles. The van der Waals surface area contributed by atoms with Crippen molar-refractivity contribution < 1.29 is 14.3 Å². The van der Waals surface area contributed by atoms with Gasteiger partial charge in [0.15, 0.2) is 16.7 Å². The molecule has 122 valence electrons. The minimum absolute atomic E-state index is 0.0163. The number of aromatic nitrogens is 2. The molecule has 1 aromatic carbocycles. The predicted molar refractivity (Wildman–Crippen MR) is 87.9 cm³/mol. The lowest BCUT2D eigenvalue weighted by Crippen LogP contribution is -2.31. The molecule has 0 radical (unpaired) electrons. The van der Waals surface area contributed by atoms with Crippen LogP contribution in [-0.2, 0) is 11.3 Å². The third-order valence-electron chi connectivity index (χ3n) is 3.25. The van der Waals surface area contributed by atoms with E-state index in [1.54, 1.807) is 6.20 Å². The first kappa shape index (κ1) is 15.7. The lowest BCUT2D eigenvalue weighted by molar-refractivity contribution is -0.119. The number of rotatable bonds is 6. The van der Waals surface area contributed by atoms with Crippen molar-refractivity contribution in [2.75, 3.05) is 12.5 Å². The Balaban J connectivity index is 1.63. The second-order valence-corrected chi connectivity index (χ2v) is 6.48. The van der Waals surface area contributed by atoms with Crippen molar-refractivity contribution in [3.63, 3.8) is 0 Å². The van der Waals surface area contributed by atoms with Gasteiger partial charge in [-0.3, -0.25) is 4.79 Å². The monoisotopic (exact) mass is 333 g/mol. The van der Waals surface area contributed by atoms with Gasteiger partial charge < -0.3 is 19.4 Å². The minimum Gasteiger partial charge on any atom is -0.454 e. The molecule has 0 spiro atoms. The predicted octanol–water partition coefficient (Wildman–Crippen LogP) is 2.28. The molecule has 1 amide bonds. The van der Waals surface area contributed by atoms with Crippen LogP contribution in [0.4, 0.5) is 0 Å². The van der Waals surface area contributed by atoms with Crippen molar-refractivity contribution in [2.24, 2.45) is 0 Å². The fourth-order valence-corrected chi connectivity index (χ4v) is 3.06. The molecule has 0 atom stereocenters. The van der Waals surface area contributed by atoms with Gasteiger partial charge >= 0.3 is 0 Å². The van der Waals surface area contributed by atoms with Crippen LogP contribution in [0.15, 0.2) is 35.7 Å². The third-order valence-corrected chi connectivity index (χ3v) is 4.25. The van der Waals surface area contributed by atoms with Crippen molar-refractivity contribution in [1.82, 2.24) is 14.9 Å². The number of carbonyl (C=O) groups excluding carboxylic acids is 1. The number of fused-ring (bicyclic) bond motifs is 1. The average molecular weight is 333 g/mol. The molecule has 0 saturated heterocycles. The van der Waals surface area contributed by atoms with Crippen molar-refractivity contribution in [3.05, 3.63) is 36.2 Å². The molecule has 1 aromatic heterocycles. The van der Waals surface area contributed by atoms with Gasteiger partial charge in [0.2, 0.25) is 12.7 Å². The molecule has 23 heavy (non-hydrogen) atoms. The standard InChI is InChI=1S/C16H19N3O3S/c1-11(2)18-15(20)9-23-16-17-5-6-19(16)8-12-3-4-13-14(7-12)22-10-21-13/h3-7,11H,8-10H2,1-2H3,(H,18,20). The number of carbonyl (C=O) groups is 1. The molecule has 0 unspecified atom stereocenters. The van der Waals surface area contributed by atoms with E-state index >= 15 is 0 Å². The Morgan fingerprint density at radius 2 is 2.22 bits per heavy atom. The van der Waals surface area contributed by atoms with E-state index in [4.69, 9.17) is 9.47 Å². The maximum Gasteiger partial charge on any atom is 0.231 e. The van der Waals surface area contributed by atoms with Gasteiger partial charge in [0, 0.05) is 25.0 Å². The summed E-state index contributed by atoms with van der Waals surface area (Å²) in [6.45, 7) is 4.84. The zero-order valence-corrected chi connectivity index (χ0v) is 13.9. The first-order valence-corrected chi connectivity index (χ1v) is 8.42. The number of thioether (sulfide) groups is 1. The highest BCUT2D eigenvalue weighted by Crippen LogP contribution is 2.32. The van der Waals surface area contributed by atoms with Crippen LogP contribution in [0.2, 0.25) is 0 Å². The summed E-state index contributed by atoms with van der Waals surface area (Å²) in [4.78, 5) is 16.1. The zero-order chi connectivity index (χ0) is 16.2. The largest absolute Gasteiger partial charge is 0.454 e. The van der Waals surface area contributed by atoms with E-state index in [1.165, 1.54) is 11.8 Å². The van der Waals surface area contributed by atoms with Crippen LogP contribution in [0.3, 0.4) is 0 Å². The Morgan fingerprint density at radius 1 is 1.39 bits per heavy atom. The van der Waals surface area contributed by atoms with Crippen molar-refractivity contribution in [3.8, 4) is 11.5 Å². The molecule has 7 heteroatoms. The van der Waals surface area contributed by atoms with Crippen LogP contribution in [0.5, 0.6) is 11.5 Å². The maximum atomic E-state index is 11.7. The summed E-state index contributed by atoms with van der Waals surface area (Å²) < 4.78 is 12.7. The van der Waals surface area contributed by atoms with Crippen molar-refractivity contribution in [1.29, 1.82) is 0 Å². The minimum atomic E-state index is 0.0163.